The van der Waals surface area contributed by atoms with Gasteiger partial charge in [-0.3, -0.25) is 4.90 Å². The molecule has 2 aliphatic rings. The quantitative estimate of drug-likeness (QED) is 0.866. The second-order valence-electron chi connectivity index (χ2n) is 6.58. The zero-order valence-corrected chi connectivity index (χ0v) is 12.9. The van der Waals surface area contributed by atoms with Gasteiger partial charge in [0.2, 0.25) is 0 Å². The maximum absolute atomic E-state index is 12.1. The lowest BCUT2D eigenvalue weighted by molar-refractivity contribution is 0.324. The molecule has 1 aliphatic heterocycles. The molecule has 0 radical (unpaired) electrons. The van der Waals surface area contributed by atoms with Crippen molar-refractivity contribution in [3.63, 3.8) is 0 Å². The van der Waals surface area contributed by atoms with Gasteiger partial charge in [0.05, 0.1) is 5.39 Å². The molecule has 1 aromatic carbocycles. The third-order valence-corrected chi connectivity index (χ3v) is 5.14. The number of fused-ring (bicyclic) bond motifs is 3. The lowest BCUT2D eigenvalue weighted by Gasteiger charge is -2.19. The van der Waals surface area contributed by atoms with E-state index >= 15 is 0 Å². The Bertz CT molecular complexity index is 800. The van der Waals surface area contributed by atoms with Gasteiger partial charge in [0.15, 0.2) is 0 Å². The molecular weight excluding hydrogens is 278 g/mol. The van der Waals surface area contributed by atoms with Crippen LogP contribution >= 0.6 is 0 Å². The van der Waals surface area contributed by atoms with Crippen molar-refractivity contribution in [3.05, 3.63) is 38.7 Å². The minimum Gasteiger partial charge on any atom is -0.507 e. The largest absolute Gasteiger partial charge is 0.507 e. The summed E-state index contributed by atoms with van der Waals surface area (Å²) in [5, 5.41) is 11.6. The molecule has 2 heterocycles. The van der Waals surface area contributed by atoms with Crippen molar-refractivity contribution in [2.45, 2.75) is 45.6 Å². The summed E-state index contributed by atoms with van der Waals surface area (Å²) in [5.74, 6) is 0.323. The van der Waals surface area contributed by atoms with E-state index in [4.69, 9.17) is 4.42 Å². The summed E-state index contributed by atoms with van der Waals surface area (Å²) in [7, 11) is 0. The summed E-state index contributed by atoms with van der Waals surface area (Å²) in [4.78, 5) is 14.4. The standard InChI is InChI=1S/C18H21NO3/c1-11-9-15-16(12-5-4-6-13(12)18(21)22-15)17(20)14(11)10-19-7-2-3-8-19/h9,20H,2-8,10H2,1H3. The van der Waals surface area contributed by atoms with Crippen LogP contribution in [0, 0.1) is 6.92 Å². The summed E-state index contributed by atoms with van der Waals surface area (Å²) in [6, 6.07) is 1.92. The Balaban J connectivity index is 1.91. The fourth-order valence-corrected chi connectivity index (χ4v) is 3.95. The molecule has 0 atom stereocenters. The summed E-state index contributed by atoms with van der Waals surface area (Å²) in [6.45, 7) is 4.96. The molecule has 0 spiro atoms. The van der Waals surface area contributed by atoms with Gasteiger partial charge in [0.1, 0.15) is 11.3 Å². The topological polar surface area (TPSA) is 53.7 Å². The minimum absolute atomic E-state index is 0.230. The Morgan fingerprint density at radius 2 is 1.91 bits per heavy atom. The number of hydrogen-bond acceptors (Lipinski definition) is 4. The Hall–Kier alpha value is -1.81. The van der Waals surface area contributed by atoms with Crippen LogP contribution in [0.15, 0.2) is 15.3 Å². The first-order chi connectivity index (χ1) is 10.6. The number of rotatable bonds is 2. The van der Waals surface area contributed by atoms with Crippen LogP contribution in [-0.2, 0) is 19.4 Å². The lowest BCUT2D eigenvalue weighted by atomic mass is 9.98. The second kappa shape index (κ2) is 5.13. The predicted octanol–water partition coefficient (Wildman–Crippen LogP) is 2.89. The van der Waals surface area contributed by atoms with E-state index < -0.39 is 0 Å². The monoisotopic (exact) mass is 299 g/mol. The van der Waals surface area contributed by atoms with Gasteiger partial charge in [-0.2, -0.15) is 0 Å². The first kappa shape index (κ1) is 13.8. The van der Waals surface area contributed by atoms with Crippen LogP contribution in [0.25, 0.3) is 11.0 Å². The second-order valence-corrected chi connectivity index (χ2v) is 6.58. The average molecular weight is 299 g/mol. The molecule has 1 fully saturated rings. The molecule has 0 amide bonds. The van der Waals surface area contributed by atoms with Crippen molar-refractivity contribution in [3.8, 4) is 5.75 Å². The molecule has 1 aromatic heterocycles. The first-order valence-electron chi connectivity index (χ1n) is 8.17. The molecule has 4 nitrogen and oxygen atoms in total. The van der Waals surface area contributed by atoms with Crippen LogP contribution in [0.3, 0.4) is 0 Å². The summed E-state index contributed by atoms with van der Waals surface area (Å²) < 4.78 is 5.46. The summed E-state index contributed by atoms with van der Waals surface area (Å²) in [5.41, 5.74) is 4.05. The Kier molecular flexibility index (Phi) is 3.22. The summed E-state index contributed by atoms with van der Waals surface area (Å²) in [6.07, 6.45) is 5.06. The van der Waals surface area contributed by atoms with Crippen LogP contribution in [0.2, 0.25) is 0 Å². The van der Waals surface area contributed by atoms with Crippen LogP contribution < -0.4 is 5.63 Å². The average Bonchev–Trinajstić information content (AvgIpc) is 3.14. The van der Waals surface area contributed by atoms with Gasteiger partial charge < -0.3 is 9.52 Å². The highest BCUT2D eigenvalue weighted by Crippen LogP contribution is 2.38. The van der Waals surface area contributed by atoms with E-state index in [1.807, 2.05) is 13.0 Å². The number of aryl methyl sites for hydroxylation is 2. The van der Waals surface area contributed by atoms with E-state index in [0.29, 0.717) is 11.3 Å². The first-order valence-corrected chi connectivity index (χ1v) is 8.17. The number of phenolic OH excluding ortho intramolecular Hbond substituents is 1. The van der Waals surface area contributed by atoms with Gasteiger partial charge in [-0.05, 0) is 69.3 Å². The van der Waals surface area contributed by atoms with Crippen molar-refractivity contribution in [1.82, 2.24) is 4.90 Å². The zero-order valence-electron chi connectivity index (χ0n) is 12.9. The van der Waals surface area contributed by atoms with Crippen LogP contribution in [-0.4, -0.2) is 23.1 Å². The van der Waals surface area contributed by atoms with Gasteiger partial charge in [0, 0.05) is 17.7 Å². The Morgan fingerprint density at radius 1 is 1.18 bits per heavy atom. The van der Waals surface area contributed by atoms with Crippen LogP contribution in [0.4, 0.5) is 0 Å². The predicted molar refractivity (Wildman–Crippen MR) is 85.4 cm³/mol. The third-order valence-electron chi connectivity index (χ3n) is 5.14. The number of aromatic hydroxyl groups is 1. The molecule has 116 valence electrons. The maximum atomic E-state index is 12.1. The third kappa shape index (κ3) is 2.05. The lowest BCUT2D eigenvalue weighted by Crippen LogP contribution is -2.19. The molecule has 2 aromatic rings. The number of benzene rings is 1. The fraction of sp³-hybridized carbons (Fsp3) is 0.500. The smallest absolute Gasteiger partial charge is 0.339 e. The highest BCUT2D eigenvalue weighted by molar-refractivity contribution is 5.90. The molecule has 1 N–H and O–H groups in total. The molecular formula is C18H21NO3. The van der Waals surface area contributed by atoms with Crippen molar-refractivity contribution in [1.29, 1.82) is 0 Å². The molecule has 0 bridgehead atoms. The maximum Gasteiger partial charge on any atom is 0.339 e. The molecule has 1 aliphatic carbocycles. The number of hydrogen-bond donors (Lipinski definition) is 1. The van der Waals surface area contributed by atoms with E-state index in [1.54, 1.807) is 0 Å². The summed E-state index contributed by atoms with van der Waals surface area (Å²) >= 11 is 0. The van der Waals surface area contributed by atoms with E-state index in [9.17, 15) is 9.90 Å². The number of phenols is 1. The van der Waals surface area contributed by atoms with Crippen LogP contribution in [0.1, 0.15) is 41.5 Å². The minimum atomic E-state index is -0.230. The Morgan fingerprint density at radius 3 is 2.68 bits per heavy atom. The normalized spacial score (nSPS) is 18.2. The molecule has 4 heteroatoms. The zero-order chi connectivity index (χ0) is 15.3. The van der Waals surface area contributed by atoms with Gasteiger partial charge in [0.25, 0.3) is 0 Å². The van der Waals surface area contributed by atoms with Gasteiger partial charge in [-0.15, -0.1) is 0 Å². The van der Waals surface area contributed by atoms with Gasteiger partial charge >= 0.3 is 5.63 Å². The van der Waals surface area contributed by atoms with Gasteiger partial charge in [-0.25, -0.2) is 4.79 Å². The highest BCUT2D eigenvalue weighted by atomic mass is 16.4. The molecule has 0 saturated carbocycles. The molecule has 0 unspecified atom stereocenters. The fourth-order valence-electron chi connectivity index (χ4n) is 3.95. The highest BCUT2D eigenvalue weighted by Gasteiger charge is 2.24. The van der Waals surface area contributed by atoms with Crippen LogP contribution in [0.5, 0.6) is 5.75 Å². The van der Waals surface area contributed by atoms with E-state index in [0.717, 1.165) is 66.5 Å². The van der Waals surface area contributed by atoms with E-state index in [-0.39, 0.29) is 5.63 Å². The van der Waals surface area contributed by atoms with Crippen molar-refractivity contribution >= 4 is 11.0 Å². The van der Waals surface area contributed by atoms with Crippen molar-refractivity contribution < 1.29 is 9.52 Å². The van der Waals surface area contributed by atoms with Crippen molar-refractivity contribution in [2.75, 3.05) is 13.1 Å². The number of nitrogens with zero attached hydrogens (tertiary/aromatic N) is 1. The molecule has 22 heavy (non-hydrogen) atoms. The molecule has 4 rings (SSSR count). The van der Waals surface area contributed by atoms with Gasteiger partial charge in [-0.1, -0.05) is 0 Å². The SMILES string of the molecule is Cc1cc2oc(=O)c3c(c2c(O)c1CN1CCCC1)CCC3. The van der Waals surface area contributed by atoms with E-state index in [2.05, 4.69) is 4.90 Å². The Labute approximate surface area is 129 Å². The van der Waals surface area contributed by atoms with E-state index in [1.165, 1.54) is 12.8 Å². The molecule has 1 saturated heterocycles. The number of likely N-dealkylation sites (tertiary alicyclic amines) is 1. The van der Waals surface area contributed by atoms with Crippen molar-refractivity contribution in [2.24, 2.45) is 0 Å².